The van der Waals surface area contributed by atoms with Crippen molar-refractivity contribution < 1.29 is 9.21 Å². The predicted octanol–water partition coefficient (Wildman–Crippen LogP) is 3.86. The lowest BCUT2D eigenvalue weighted by molar-refractivity contribution is -0.114. The molecule has 1 amide bonds. The maximum Gasteiger partial charge on any atom is 0.277 e. The fraction of sp³-hybridized carbons (Fsp3) is 0.111. The molecule has 0 saturated heterocycles. The lowest BCUT2D eigenvalue weighted by Gasteiger charge is -2.02. The molecule has 0 saturated carbocycles. The van der Waals surface area contributed by atoms with E-state index in [9.17, 15) is 4.79 Å². The van der Waals surface area contributed by atoms with Crippen molar-refractivity contribution in [2.75, 3.05) is 5.32 Å². The van der Waals surface area contributed by atoms with Crippen molar-refractivity contribution in [1.82, 2.24) is 10.2 Å². The largest absolute Gasteiger partial charge is 0.411 e. The number of thioether (sulfide) groups is 1. The van der Waals surface area contributed by atoms with Gasteiger partial charge in [-0.15, -0.1) is 10.2 Å². The van der Waals surface area contributed by atoms with Gasteiger partial charge in [0.1, 0.15) is 0 Å². The van der Waals surface area contributed by atoms with Crippen LogP contribution in [0.5, 0.6) is 0 Å². The molecule has 0 fully saturated rings. The van der Waals surface area contributed by atoms with Gasteiger partial charge in [-0.25, -0.2) is 0 Å². The summed E-state index contributed by atoms with van der Waals surface area (Å²) in [5.74, 6) is 0.801. The summed E-state index contributed by atoms with van der Waals surface area (Å²) in [5, 5.41) is 20.3. The van der Waals surface area contributed by atoms with E-state index in [1.807, 2.05) is 24.3 Å². The van der Waals surface area contributed by atoms with E-state index in [0.29, 0.717) is 28.1 Å². The first-order chi connectivity index (χ1) is 12.2. The number of nitrogens with zero attached hydrogens (tertiary/aromatic N) is 3. The molecule has 1 aromatic heterocycles. The van der Waals surface area contributed by atoms with Crippen LogP contribution < -0.4 is 5.32 Å². The second-order valence-electron chi connectivity index (χ2n) is 5.19. The topological polar surface area (TPSA) is 91.8 Å². The summed E-state index contributed by atoms with van der Waals surface area (Å²) < 4.78 is 5.67. The third kappa shape index (κ3) is 4.25. The molecule has 0 unspecified atom stereocenters. The molecule has 124 valence electrons. The Kier molecular flexibility index (Phi) is 5.11. The van der Waals surface area contributed by atoms with Gasteiger partial charge in [-0.3, -0.25) is 4.79 Å². The summed E-state index contributed by atoms with van der Waals surface area (Å²) >= 11 is 1.37. The fourth-order valence-corrected chi connectivity index (χ4v) is 2.98. The molecule has 25 heavy (non-hydrogen) atoms. The van der Waals surface area contributed by atoms with Crippen molar-refractivity contribution >= 4 is 23.4 Å². The third-order valence-electron chi connectivity index (χ3n) is 3.33. The van der Waals surface area contributed by atoms with Gasteiger partial charge in [0, 0.05) is 23.9 Å². The maximum atomic E-state index is 11.1. The summed E-state index contributed by atoms with van der Waals surface area (Å²) in [4.78, 5) is 11.1. The van der Waals surface area contributed by atoms with Crippen LogP contribution >= 0.6 is 11.8 Å². The van der Waals surface area contributed by atoms with E-state index < -0.39 is 0 Å². The smallest absolute Gasteiger partial charge is 0.277 e. The van der Waals surface area contributed by atoms with Crippen molar-refractivity contribution in [3.05, 3.63) is 59.7 Å². The number of nitriles is 1. The van der Waals surface area contributed by atoms with Crippen LogP contribution in [0.4, 0.5) is 5.69 Å². The van der Waals surface area contributed by atoms with E-state index in [4.69, 9.17) is 9.68 Å². The zero-order valence-corrected chi connectivity index (χ0v) is 14.2. The Labute approximate surface area is 148 Å². The number of nitrogens with one attached hydrogen (secondary N) is 1. The van der Waals surface area contributed by atoms with Gasteiger partial charge in [0.2, 0.25) is 11.8 Å². The first-order valence-corrected chi connectivity index (χ1v) is 8.46. The Bertz CT molecular complexity index is 946. The molecule has 6 nitrogen and oxygen atoms in total. The number of carbonyl (C=O) groups is 1. The lowest BCUT2D eigenvalue weighted by Crippen LogP contribution is -2.05. The van der Waals surface area contributed by atoms with Crippen LogP contribution in [-0.4, -0.2) is 16.1 Å². The van der Waals surface area contributed by atoms with E-state index in [0.717, 1.165) is 11.1 Å². The molecular formula is C18H14N4O2S. The Morgan fingerprint density at radius 1 is 1.24 bits per heavy atom. The maximum absolute atomic E-state index is 11.1. The van der Waals surface area contributed by atoms with Crippen LogP contribution in [0.15, 0.2) is 58.2 Å². The molecule has 0 spiro atoms. The van der Waals surface area contributed by atoms with Crippen molar-refractivity contribution in [1.29, 1.82) is 5.26 Å². The zero-order chi connectivity index (χ0) is 17.6. The van der Waals surface area contributed by atoms with Gasteiger partial charge in [0.05, 0.1) is 11.6 Å². The van der Waals surface area contributed by atoms with Crippen molar-refractivity contribution in [2.45, 2.75) is 17.9 Å². The average molecular weight is 350 g/mol. The quantitative estimate of drug-likeness (QED) is 0.703. The van der Waals surface area contributed by atoms with E-state index in [2.05, 4.69) is 21.6 Å². The zero-order valence-electron chi connectivity index (χ0n) is 13.4. The first-order valence-electron chi connectivity index (χ1n) is 7.48. The van der Waals surface area contributed by atoms with Gasteiger partial charge in [0.15, 0.2) is 0 Å². The van der Waals surface area contributed by atoms with Gasteiger partial charge in [-0.05, 0) is 29.8 Å². The highest BCUT2D eigenvalue weighted by atomic mass is 32.2. The summed E-state index contributed by atoms with van der Waals surface area (Å²) in [6.45, 7) is 1.45. The second kappa shape index (κ2) is 7.64. The van der Waals surface area contributed by atoms with Crippen LogP contribution in [0, 0.1) is 11.3 Å². The van der Waals surface area contributed by atoms with Crippen LogP contribution in [0.2, 0.25) is 0 Å². The van der Waals surface area contributed by atoms with Crippen LogP contribution in [0.3, 0.4) is 0 Å². The van der Waals surface area contributed by atoms with Crippen molar-refractivity contribution in [3.8, 4) is 17.5 Å². The average Bonchev–Trinajstić information content (AvgIpc) is 3.09. The third-order valence-corrected chi connectivity index (χ3v) is 4.19. The number of carbonyl (C=O) groups excluding carboxylic acids is 1. The molecular weight excluding hydrogens is 336 g/mol. The molecule has 0 atom stereocenters. The summed E-state index contributed by atoms with van der Waals surface area (Å²) in [6.07, 6.45) is 0. The number of benzene rings is 2. The molecule has 3 aromatic rings. The molecule has 2 aromatic carbocycles. The van der Waals surface area contributed by atoms with Crippen molar-refractivity contribution in [2.24, 2.45) is 0 Å². The Morgan fingerprint density at radius 2 is 2.08 bits per heavy atom. The van der Waals surface area contributed by atoms with Gasteiger partial charge < -0.3 is 9.73 Å². The lowest BCUT2D eigenvalue weighted by atomic mass is 10.1. The van der Waals surface area contributed by atoms with Crippen LogP contribution in [0.25, 0.3) is 11.5 Å². The molecule has 0 aliphatic heterocycles. The number of hydrogen-bond donors (Lipinski definition) is 1. The Morgan fingerprint density at radius 3 is 2.88 bits per heavy atom. The predicted molar refractivity (Wildman–Crippen MR) is 94.8 cm³/mol. The second-order valence-corrected chi connectivity index (χ2v) is 6.12. The highest BCUT2D eigenvalue weighted by Crippen LogP contribution is 2.27. The van der Waals surface area contributed by atoms with Gasteiger partial charge in [-0.1, -0.05) is 36.0 Å². The minimum atomic E-state index is -0.143. The Balaban J connectivity index is 1.72. The Hall–Kier alpha value is -3.11. The SMILES string of the molecule is CC(=O)Nc1cccc(-c2nnc(SCc3ccccc3C#N)o2)c1. The molecule has 3 rings (SSSR count). The van der Waals surface area contributed by atoms with Gasteiger partial charge >= 0.3 is 0 Å². The van der Waals surface area contributed by atoms with Crippen LogP contribution in [0.1, 0.15) is 18.1 Å². The molecule has 0 aliphatic rings. The van der Waals surface area contributed by atoms with Gasteiger partial charge in [0.25, 0.3) is 5.22 Å². The van der Waals surface area contributed by atoms with Crippen molar-refractivity contribution in [3.63, 3.8) is 0 Å². The number of hydrogen-bond acceptors (Lipinski definition) is 6. The number of aromatic nitrogens is 2. The highest BCUT2D eigenvalue weighted by Gasteiger charge is 2.11. The van der Waals surface area contributed by atoms with E-state index >= 15 is 0 Å². The monoisotopic (exact) mass is 350 g/mol. The molecule has 1 N–H and O–H groups in total. The molecule has 0 aliphatic carbocycles. The standard InChI is InChI=1S/C18H14N4O2S/c1-12(23)20-16-8-4-7-13(9-16)17-21-22-18(24-17)25-11-15-6-3-2-5-14(15)10-19/h2-9H,11H2,1H3,(H,20,23). The minimum absolute atomic E-state index is 0.143. The fourth-order valence-electron chi connectivity index (χ4n) is 2.21. The number of anilines is 1. The van der Waals surface area contributed by atoms with E-state index in [-0.39, 0.29) is 5.91 Å². The molecule has 0 bridgehead atoms. The van der Waals surface area contributed by atoms with Gasteiger partial charge in [-0.2, -0.15) is 5.26 Å². The summed E-state index contributed by atoms with van der Waals surface area (Å²) in [6, 6.07) is 16.8. The molecule has 1 heterocycles. The molecule has 7 heteroatoms. The summed E-state index contributed by atoms with van der Waals surface area (Å²) in [5.41, 5.74) is 2.95. The normalized spacial score (nSPS) is 10.2. The number of rotatable bonds is 5. The van der Waals surface area contributed by atoms with E-state index in [1.165, 1.54) is 18.7 Å². The highest BCUT2D eigenvalue weighted by molar-refractivity contribution is 7.98. The first kappa shape index (κ1) is 16.7. The molecule has 0 radical (unpaired) electrons. The summed E-state index contributed by atoms with van der Waals surface area (Å²) in [7, 11) is 0. The van der Waals surface area contributed by atoms with E-state index in [1.54, 1.807) is 24.3 Å². The number of amides is 1. The minimum Gasteiger partial charge on any atom is -0.411 e. The van der Waals surface area contributed by atoms with Crippen LogP contribution in [-0.2, 0) is 10.5 Å².